The predicted octanol–water partition coefficient (Wildman–Crippen LogP) is -0.378. The second kappa shape index (κ2) is 8.90. The minimum atomic E-state index is 0.668. The molecule has 0 aromatic carbocycles. The van der Waals surface area contributed by atoms with Gasteiger partial charge in [-0.25, -0.2) is 10.9 Å². The zero-order valence-electron chi connectivity index (χ0n) is 12.8. The fourth-order valence-electron chi connectivity index (χ4n) is 1.05. The molecule has 2 N–H and O–H groups in total. The minimum absolute atomic E-state index is 0.668. The first-order valence-electron chi connectivity index (χ1n) is 5.80. The molecule has 0 amide bonds. The van der Waals surface area contributed by atoms with E-state index in [-0.39, 0.29) is 0 Å². The highest BCUT2D eigenvalue weighted by molar-refractivity contribution is 6.29. The Balaban J connectivity index is 4.41. The second-order valence-corrected chi connectivity index (χ2v) is 4.12. The van der Waals surface area contributed by atoms with E-state index in [1.165, 1.54) is 0 Å². The molecule has 108 valence electrons. The van der Waals surface area contributed by atoms with Gasteiger partial charge in [0.15, 0.2) is 0 Å². The average Bonchev–Trinajstić information content (AvgIpc) is 2.34. The van der Waals surface area contributed by atoms with E-state index in [4.69, 9.17) is 0 Å². The van der Waals surface area contributed by atoms with E-state index in [1.807, 2.05) is 44.9 Å². The smallest absolute Gasteiger partial charge is 0.213 e. The molecule has 19 heavy (non-hydrogen) atoms. The molecule has 0 rings (SSSR count). The van der Waals surface area contributed by atoms with Crippen molar-refractivity contribution < 1.29 is 0 Å². The van der Waals surface area contributed by atoms with E-state index in [9.17, 15) is 0 Å². The number of aliphatic imine (C=N–C) groups is 2. The van der Waals surface area contributed by atoms with Crippen LogP contribution < -0.4 is 10.9 Å². The molecule has 0 radical (unpaired) electrons. The molecule has 0 aliphatic carbocycles. The lowest BCUT2D eigenvalue weighted by Gasteiger charge is -2.14. The summed E-state index contributed by atoms with van der Waals surface area (Å²) in [6, 6.07) is 0. The van der Waals surface area contributed by atoms with Gasteiger partial charge in [-0.2, -0.15) is 10.2 Å². The Morgan fingerprint density at radius 2 is 1.37 bits per heavy atom. The number of nitrogens with one attached hydrogen (secondary N) is 2. The van der Waals surface area contributed by atoms with Gasteiger partial charge < -0.3 is 9.80 Å². The molecule has 0 atom stereocenters. The summed E-state index contributed by atoms with van der Waals surface area (Å²) in [5.41, 5.74) is 6.38. The van der Waals surface area contributed by atoms with Crippen LogP contribution in [0, 0.1) is 0 Å². The molecule has 0 aliphatic rings. The highest BCUT2D eigenvalue weighted by atomic mass is 15.4. The first-order chi connectivity index (χ1) is 8.92. The monoisotopic (exact) mass is 268 g/mol. The number of hydrazone groups is 2. The third kappa shape index (κ3) is 7.02. The van der Waals surface area contributed by atoms with Crippen molar-refractivity contribution in [2.45, 2.75) is 6.92 Å². The quantitative estimate of drug-likeness (QED) is 0.415. The molecule has 0 bridgehead atoms. The zero-order chi connectivity index (χ0) is 14.8. The minimum Gasteiger partial charge on any atom is -0.348 e. The molecule has 0 spiro atoms. The summed E-state index contributed by atoms with van der Waals surface area (Å²) in [5.74, 6) is 1.34. The summed E-state index contributed by atoms with van der Waals surface area (Å²) in [4.78, 5) is 11.7. The normalized spacial score (nSPS) is 13.7. The molecule has 0 aromatic rings. The van der Waals surface area contributed by atoms with Crippen molar-refractivity contribution in [2.24, 2.45) is 20.2 Å². The van der Waals surface area contributed by atoms with Gasteiger partial charge in [0.2, 0.25) is 11.9 Å². The summed E-state index contributed by atoms with van der Waals surface area (Å²) in [5, 5.41) is 8.18. The second-order valence-electron chi connectivity index (χ2n) is 4.12. The number of hydrogen-bond acceptors (Lipinski definition) is 4. The van der Waals surface area contributed by atoms with Crippen molar-refractivity contribution >= 4 is 23.8 Å². The molecular formula is C11H24N8. The van der Waals surface area contributed by atoms with Gasteiger partial charge >= 0.3 is 0 Å². The van der Waals surface area contributed by atoms with Gasteiger partial charge in [-0.15, -0.1) is 0 Å². The van der Waals surface area contributed by atoms with Crippen LogP contribution in [0.2, 0.25) is 0 Å². The largest absolute Gasteiger partial charge is 0.348 e. The fraction of sp³-hybridized carbons (Fsp3) is 0.636. The van der Waals surface area contributed by atoms with Crippen LogP contribution >= 0.6 is 0 Å². The van der Waals surface area contributed by atoms with E-state index in [2.05, 4.69) is 31.0 Å². The van der Waals surface area contributed by atoms with Gasteiger partial charge in [0.05, 0.1) is 11.9 Å². The summed E-state index contributed by atoms with van der Waals surface area (Å²) >= 11 is 0. The number of hydrogen-bond donors (Lipinski definition) is 2. The summed E-state index contributed by atoms with van der Waals surface area (Å²) < 4.78 is 0. The van der Waals surface area contributed by atoms with Crippen LogP contribution in [0.3, 0.4) is 0 Å². The number of guanidine groups is 2. The first-order valence-corrected chi connectivity index (χ1v) is 5.80. The van der Waals surface area contributed by atoms with E-state index in [0.29, 0.717) is 17.6 Å². The average molecular weight is 268 g/mol. The molecular weight excluding hydrogens is 244 g/mol. The van der Waals surface area contributed by atoms with Crippen molar-refractivity contribution in [3.8, 4) is 0 Å². The van der Waals surface area contributed by atoms with Crippen molar-refractivity contribution in [2.75, 3.05) is 42.3 Å². The Morgan fingerprint density at radius 3 is 1.79 bits per heavy atom. The molecule has 8 nitrogen and oxygen atoms in total. The maximum Gasteiger partial charge on any atom is 0.213 e. The maximum absolute atomic E-state index is 4.14. The van der Waals surface area contributed by atoms with Crippen LogP contribution in [0.4, 0.5) is 0 Å². The van der Waals surface area contributed by atoms with Gasteiger partial charge in [-0.3, -0.25) is 9.98 Å². The summed E-state index contributed by atoms with van der Waals surface area (Å²) in [7, 11) is 10.9. The molecule has 0 heterocycles. The third-order valence-corrected chi connectivity index (χ3v) is 2.02. The lowest BCUT2D eigenvalue weighted by molar-refractivity contribution is 0.588. The van der Waals surface area contributed by atoms with Crippen LogP contribution in [0.5, 0.6) is 0 Å². The van der Waals surface area contributed by atoms with Gasteiger partial charge in [0.1, 0.15) is 0 Å². The van der Waals surface area contributed by atoms with Crippen LogP contribution in [0.25, 0.3) is 0 Å². The molecule has 0 aromatic heterocycles. The maximum atomic E-state index is 4.14. The topological polar surface area (TPSA) is 80.0 Å². The molecule has 0 aliphatic heterocycles. The zero-order valence-corrected chi connectivity index (χ0v) is 12.8. The summed E-state index contributed by atoms with van der Waals surface area (Å²) in [6.07, 6.45) is 1.60. The number of rotatable bonds is 3. The van der Waals surface area contributed by atoms with Gasteiger partial charge in [0, 0.05) is 42.3 Å². The number of nitrogens with zero attached hydrogens (tertiary/aromatic N) is 6. The van der Waals surface area contributed by atoms with E-state index in [1.54, 1.807) is 20.3 Å². The van der Waals surface area contributed by atoms with Crippen LogP contribution in [0.1, 0.15) is 6.92 Å². The summed E-state index contributed by atoms with van der Waals surface area (Å²) in [6.45, 7) is 1.83. The Hall–Kier alpha value is -2.12. The van der Waals surface area contributed by atoms with Crippen molar-refractivity contribution in [3.63, 3.8) is 0 Å². The Bertz CT molecular complexity index is 378. The highest BCUT2D eigenvalue weighted by Crippen LogP contribution is 1.80. The Morgan fingerprint density at radius 1 is 0.895 bits per heavy atom. The molecule has 0 saturated carbocycles. The van der Waals surface area contributed by atoms with Crippen LogP contribution in [-0.2, 0) is 0 Å². The Labute approximate surface area is 115 Å². The van der Waals surface area contributed by atoms with E-state index >= 15 is 0 Å². The third-order valence-electron chi connectivity index (χ3n) is 2.02. The fourth-order valence-corrected chi connectivity index (χ4v) is 1.05. The van der Waals surface area contributed by atoms with Gasteiger partial charge in [-0.05, 0) is 6.92 Å². The van der Waals surface area contributed by atoms with Gasteiger partial charge in [0.25, 0.3) is 0 Å². The standard InChI is InChI=1S/C11H24N8/c1-9(15-17-11(13-3)19(6)7)8-14-16-10(12-2)18(4)5/h8H,1-7H3,(H,12,16)(H,13,17)/b14-8+,15-9+. The van der Waals surface area contributed by atoms with Crippen molar-refractivity contribution in [3.05, 3.63) is 0 Å². The molecule has 0 fully saturated rings. The van der Waals surface area contributed by atoms with Crippen molar-refractivity contribution in [1.82, 2.24) is 20.7 Å². The lowest BCUT2D eigenvalue weighted by Crippen LogP contribution is -2.34. The van der Waals surface area contributed by atoms with Crippen LogP contribution in [-0.4, -0.2) is 75.9 Å². The predicted molar refractivity (Wildman–Crippen MR) is 82.0 cm³/mol. The van der Waals surface area contributed by atoms with Crippen LogP contribution in [0.15, 0.2) is 20.2 Å². The van der Waals surface area contributed by atoms with Crippen molar-refractivity contribution in [1.29, 1.82) is 0 Å². The SMILES string of the molecule is CN=C(N/N=C/C(C)=N/NC(=NC)N(C)C)N(C)C. The van der Waals surface area contributed by atoms with E-state index in [0.717, 1.165) is 0 Å². The highest BCUT2D eigenvalue weighted by Gasteiger charge is 1.98. The Kier molecular flexibility index (Phi) is 7.90. The van der Waals surface area contributed by atoms with Gasteiger partial charge in [-0.1, -0.05) is 0 Å². The molecule has 8 heteroatoms. The van der Waals surface area contributed by atoms with E-state index < -0.39 is 0 Å². The molecule has 0 saturated heterocycles. The molecule has 0 unspecified atom stereocenters. The lowest BCUT2D eigenvalue weighted by atomic mass is 10.5. The first kappa shape index (κ1) is 16.9.